The Kier molecular flexibility index (Phi) is 10.5. The standard InChI is InChI=1S/C33H41N3O5/c1-6-23(2)24-14-16-26(17-15-24)41-20-10-19-36-28-12-8-7-11-27(28)35-31(36)13-9-18-34-33(37)25-21-29(38-3)32(40-5)30(22-25)39-4/h7-8,11-12,14-17,21-23H,6,9-10,13,18-20H2,1-5H3,(H,34,37). The molecular formula is C33H41N3O5. The fourth-order valence-electron chi connectivity index (χ4n) is 4.87. The summed E-state index contributed by atoms with van der Waals surface area (Å²) in [4.78, 5) is 17.7. The van der Waals surface area contributed by atoms with Crippen molar-refractivity contribution in [3.05, 3.63) is 77.6 Å². The average molecular weight is 560 g/mol. The number of imidazole rings is 1. The minimum Gasteiger partial charge on any atom is -0.494 e. The number of aryl methyl sites for hydroxylation is 2. The van der Waals surface area contributed by atoms with E-state index in [0.29, 0.717) is 41.9 Å². The van der Waals surface area contributed by atoms with Crippen LogP contribution in [0.3, 0.4) is 0 Å². The lowest BCUT2D eigenvalue weighted by Gasteiger charge is -2.14. The molecule has 218 valence electrons. The van der Waals surface area contributed by atoms with Gasteiger partial charge in [-0.1, -0.05) is 38.1 Å². The van der Waals surface area contributed by atoms with Crippen LogP contribution in [0.1, 0.15) is 60.8 Å². The Labute approximate surface area is 242 Å². The Morgan fingerprint density at radius 2 is 1.66 bits per heavy atom. The highest BCUT2D eigenvalue weighted by atomic mass is 16.5. The first kappa shape index (κ1) is 29.8. The van der Waals surface area contributed by atoms with Gasteiger partial charge in [-0.25, -0.2) is 4.98 Å². The molecule has 3 aromatic carbocycles. The zero-order valence-electron chi connectivity index (χ0n) is 24.7. The number of hydrogen-bond acceptors (Lipinski definition) is 6. The summed E-state index contributed by atoms with van der Waals surface area (Å²) in [7, 11) is 4.59. The Morgan fingerprint density at radius 1 is 0.951 bits per heavy atom. The molecule has 1 aromatic heterocycles. The first-order valence-electron chi connectivity index (χ1n) is 14.2. The molecule has 1 heterocycles. The molecule has 4 aromatic rings. The highest BCUT2D eigenvalue weighted by molar-refractivity contribution is 5.95. The van der Waals surface area contributed by atoms with Gasteiger partial charge in [0.15, 0.2) is 11.5 Å². The molecule has 1 amide bonds. The van der Waals surface area contributed by atoms with E-state index in [0.717, 1.165) is 54.8 Å². The van der Waals surface area contributed by atoms with Crippen LogP contribution in [0.5, 0.6) is 23.0 Å². The monoisotopic (exact) mass is 559 g/mol. The molecule has 0 aliphatic rings. The molecule has 41 heavy (non-hydrogen) atoms. The van der Waals surface area contributed by atoms with Gasteiger partial charge in [-0.2, -0.15) is 0 Å². The summed E-state index contributed by atoms with van der Waals surface area (Å²) >= 11 is 0. The van der Waals surface area contributed by atoms with E-state index in [1.165, 1.54) is 26.9 Å². The van der Waals surface area contributed by atoms with Crippen molar-refractivity contribution in [1.29, 1.82) is 0 Å². The predicted molar refractivity (Wildman–Crippen MR) is 162 cm³/mol. The molecule has 4 rings (SSSR count). The number of nitrogens with one attached hydrogen (secondary N) is 1. The van der Waals surface area contributed by atoms with E-state index in [4.69, 9.17) is 23.9 Å². The molecule has 0 spiro atoms. The molecular weight excluding hydrogens is 518 g/mol. The van der Waals surface area contributed by atoms with E-state index in [-0.39, 0.29) is 5.91 Å². The van der Waals surface area contributed by atoms with Crippen LogP contribution >= 0.6 is 0 Å². The van der Waals surface area contributed by atoms with Crippen molar-refractivity contribution in [3.8, 4) is 23.0 Å². The summed E-state index contributed by atoms with van der Waals surface area (Å²) < 4.78 is 24.4. The number of aromatic nitrogens is 2. The quantitative estimate of drug-likeness (QED) is 0.170. The van der Waals surface area contributed by atoms with E-state index in [9.17, 15) is 4.79 Å². The number of fused-ring (bicyclic) bond motifs is 1. The second-order valence-corrected chi connectivity index (χ2v) is 10.0. The zero-order valence-corrected chi connectivity index (χ0v) is 24.7. The number of methoxy groups -OCH3 is 3. The van der Waals surface area contributed by atoms with Crippen LogP contribution in [0.2, 0.25) is 0 Å². The number of nitrogens with zero attached hydrogens (tertiary/aromatic N) is 2. The third-order valence-corrected chi connectivity index (χ3v) is 7.38. The summed E-state index contributed by atoms with van der Waals surface area (Å²) in [6.45, 7) is 6.39. The van der Waals surface area contributed by atoms with Crippen LogP contribution in [0.15, 0.2) is 60.7 Å². The molecule has 0 saturated heterocycles. The van der Waals surface area contributed by atoms with Crippen molar-refractivity contribution in [2.75, 3.05) is 34.5 Å². The van der Waals surface area contributed by atoms with E-state index in [2.05, 4.69) is 54.1 Å². The Bertz CT molecular complexity index is 1410. The van der Waals surface area contributed by atoms with Gasteiger partial charge in [0.2, 0.25) is 5.75 Å². The molecule has 1 unspecified atom stereocenters. The number of hydrogen-bond donors (Lipinski definition) is 1. The van der Waals surface area contributed by atoms with Gasteiger partial charge >= 0.3 is 0 Å². The third-order valence-electron chi connectivity index (χ3n) is 7.38. The van der Waals surface area contributed by atoms with Crippen LogP contribution in [0.4, 0.5) is 0 Å². The number of carbonyl (C=O) groups is 1. The van der Waals surface area contributed by atoms with Crippen molar-refractivity contribution in [2.24, 2.45) is 0 Å². The van der Waals surface area contributed by atoms with Gasteiger partial charge in [0, 0.05) is 25.1 Å². The Hall–Kier alpha value is -4.20. The molecule has 8 nitrogen and oxygen atoms in total. The highest BCUT2D eigenvalue weighted by Gasteiger charge is 2.17. The number of carbonyl (C=O) groups excluding carboxylic acids is 1. The van der Waals surface area contributed by atoms with Crippen LogP contribution in [-0.4, -0.2) is 49.9 Å². The number of ether oxygens (including phenoxy) is 4. The van der Waals surface area contributed by atoms with Crippen LogP contribution < -0.4 is 24.3 Å². The molecule has 0 radical (unpaired) electrons. The zero-order chi connectivity index (χ0) is 29.2. The lowest BCUT2D eigenvalue weighted by atomic mass is 9.99. The van der Waals surface area contributed by atoms with Crippen molar-refractivity contribution >= 4 is 16.9 Å². The number of amides is 1. The Morgan fingerprint density at radius 3 is 2.32 bits per heavy atom. The van der Waals surface area contributed by atoms with Crippen molar-refractivity contribution in [3.63, 3.8) is 0 Å². The molecule has 1 atom stereocenters. The number of benzene rings is 3. The van der Waals surface area contributed by atoms with Gasteiger partial charge in [0.25, 0.3) is 5.91 Å². The maximum absolute atomic E-state index is 12.9. The van der Waals surface area contributed by atoms with Crippen molar-refractivity contribution < 1.29 is 23.7 Å². The summed E-state index contributed by atoms with van der Waals surface area (Å²) in [5, 5.41) is 3.00. The Balaban J connectivity index is 1.33. The van der Waals surface area contributed by atoms with Crippen molar-refractivity contribution in [1.82, 2.24) is 14.9 Å². The molecule has 0 saturated carbocycles. The van der Waals surface area contributed by atoms with E-state index in [1.807, 2.05) is 18.2 Å². The van der Waals surface area contributed by atoms with E-state index >= 15 is 0 Å². The van der Waals surface area contributed by atoms with E-state index in [1.54, 1.807) is 12.1 Å². The molecule has 0 aliphatic carbocycles. The largest absolute Gasteiger partial charge is 0.494 e. The van der Waals surface area contributed by atoms with Crippen LogP contribution in [0.25, 0.3) is 11.0 Å². The second kappa shape index (κ2) is 14.4. The number of para-hydroxylation sites is 2. The lowest BCUT2D eigenvalue weighted by Crippen LogP contribution is -2.25. The molecule has 1 N–H and O–H groups in total. The van der Waals surface area contributed by atoms with Gasteiger partial charge < -0.3 is 28.8 Å². The highest BCUT2D eigenvalue weighted by Crippen LogP contribution is 2.38. The maximum Gasteiger partial charge on any atom is 0.251 e. The van der Waals surface area contributed by atoms with Gasteiger partial charge in [-0.15, -0.1) is 0 Å². The second-order valence-electron chi connectivity index (χ2n) is 10.0. The van der Waals surface area contributed by atoms with Gasteiger partial charge in [-0.3, -0.25) is 4.79 Å². The normalized spacial score (nSPS) is 11.7. The summed E-state index contributed by atoms with van der Waals surface area (Å²) in [6, 6.07) is 19.9. The van der Waals surface area contributed by atoms with Gasteiger partial charge in [0.1, 0.15) is 11.6 Å². The smallest absolute Gasteiger partial charge is 0.251 e. The topological polar surface area (TPSA) is 83.8 Å². The SMILES string of the molecule is CCC(C)c1ccc(OCCCn2c(CCCNC(=O)c3cc(OC)c(OC)c(OC)c3)nc3ccccc32)cc1. The van der Waals surface area contributed by atoms with Gasteiger partial charge in [0.05, 0.1) is 39.0 Å². The van der Waals surface area contributed by atoms with Crippen molar-refractivity contribution in [2.45, 2.75) is 52.0 Å². The predicted octanol–water partition coefficient (Wildman–Crippen LogP) is 6.41. The lowest BCUT2D eigenvalue weighted by molar-refractivity contribution is 0.0952. The summed E-state index contributed by atoms with van der Waals surface area (Å²) in [5.41, 5.74) is 3.88. The van der Waals surface area contributed by atoms with Crippen LogP contribution in [-0.2, 0) is 13.0 Å². The van der Waals surface area contributed by atoms with Gasteiger partial charge in [-0.05, 0) is 67.1 Å². The summed E-state index contributed by atoms with van der Waals surface area (Å²) in [5.74, 6) is 3.60. The first-order valence-corrected chi connectivity index (χ1v) is 14.2. The minimum atomic E-state index is -0.202. The molecule has 8 heteroatoms. The summed E-state index contributed by atoms with van der Waals surface area (Å²) in [6.07, 6.45) is 3.47. The number of rotatable bonds is 15. The minimum absolute atomic E-state index is 0.202. The third kappa shape index (κ3) is 7.31. The van der Waals surface area contributed by atoms with Crippen LogP contribution in [0, 0.1) is 0 Å². The molecule has 0 aliphatic heterocycles. The molecule has 0 fully saturated rings. The molecule has 0 bridgehead atoms. The fraction of sp³-hybridized carbons (Fsp3) is 0.394. The maximum atomic E-state index is 12.9. The van der Waals surface area contributed by atoms with E-state index < -0.39 is 0 Å². The first-order chi connectivity index (χ1) is 20.0. The average Bonchev–Trinajstić information content (AvgIpc) is 3.37. The fourth-order valence-corrected chi connectivity index (χ4v) is 4.87.